The van der Waals surface area contributed by atoms with Crippen LogP contribution in [0.1, 0.15) is 19.0 Å². The maximum Gasteiger partial charge on any atom is 0.414 e. The second-order valence-electron chi connectivity index (χ2n) is 7.56. The third-order valence-electron chi connectivity index (χ3n) is 5.44. The van der Waals surface area contributed by atoms with Gasteiger partial charge in [-0.15, -0.1) is 5.10 Å². The zero-order valence-electron chi connectivity index (χ0n) is 17.1. The van der Waals surface area contributed by atoms with Crippen LogP contribution < -0.4 is 9.80 Å². The van der Waals surface area contributed by atoms with Crippen molar-refractivity contribution in [3.8, 4) is 0 Å². The highest BCUT2D eigenvalue weighted by molar-refractivity contribution is 5.90. The molecule has 1 aromatic heterocycles. The van der Waals surface area contributed by atoms with Gasteiger partial charge in [0.05, 0.1) is 30.2 Å². The summed E-state index contributed by atoms with van der Waals surface area (Å²) in [6, 6.07) is 4.77. The average molecular weight is 416 g/mol. The normalized spacial score (nSPS) is 19.4. The minimum absolute atomic E-state index is 0.119. The van der Waals surface area contributed by atoms with Gasteiger partial charge in [-0.3, -0.25) is 9.69 Å². The number of piperazine rings is 1. The van der Waals surface area contributed by atoms with Gasteiger partial charge in [0.2, 0.25) is 5.91 Å². The topological polar surface area (TPSA) is 83.8 Å². The number of benzene rings is 1. The van der Waals surface area contributed by atoms with E-state index in [2.05, 4.69) is 10.3 Å². The van der Waals surface area contributed by atoms with Crippen molar-refractivity contribution in [2.45, 2.75) is 32.9 Å². The second-order valence-corrected chi connectivity index (χ2v) is 7.56. The van der Waals surface area contributed by atoms with Crippen LogP contribution in [0.4, 0.5) is 20.6 Å². The Labute approximate surface area is 174 Å². The molecular formula is C20H25FN6O3. The third kappa shape index (κ3) is 4.07. The van der Waals surface area contributed by atoms with E-state index in [0.29, 0.717) is 57.1 Å². The fourth-order valence-corrected chi connectivity index (χ4v) is 3.86. The molecular weight excluding hydrogens is 391 g/mol. The van der Waals surface area contributed by atoms with Gasteiger partial charge in [-0.1, -0.05) is 12.1 Å². The predicted octanol–water partition coefficient (Wildman–Crippen LogP) is 1.81. The van der Waals surface area contributed by atoms with Crippen LogP contribution in [0, 0.1) is 12.7 Å². The first-order chi connectivity index (χ1) is 14.4. The Morgan fingerprint density at radius 1 is 1.27 bits per heavy atom. The summed E-state index contributed by atoms with van der Waals surface area (Å²) in [5, 5.41) is 7.89. The number of hydrogen-bond acceptors (Lipinski definition) is 6. The van der Waals surface area contributed by atoms with E-state index < -0.39 is 11.9 Å². The van der Waals surface area contributed by atoms with Crippen molar-refractivity contribution in [2.24, 2.45) is 0 Å². The fraction of sp³-hybridized carbons (Fsp3) is 0.500. The Balaban J connectivity index is 1.41. The molecule has 0 spiro atoms. The number of halogens is 1. The molecule has 10 heteroatoms. The highest BCUT2D eigenvalue weighted by atomic mass is 19.1. The highest BCUT2D eigenvalue weighted by Gasteiger charge is 2.33. The highest BCUT2D eigenvalue weighted by Crippen LogP contribution is 2.29. The molecule has 0 N–H and O–H groups in total. The zero-order valence-corrected chi connectivity index (χ0v) is 17.1. The number of anilines is 2. The van der Waals surface area contributed by atoms with Crippen LogP contribution in [0.15, 0.2) is 24.4 Å². The van der Waals surface area contributed by atoms with Crippen LogP contribution in [0.25, 0.3) is 0 Å². The number of aryl methyl sites for hydroxylation is 1. The first-order valence-corrected chi connectivity index (χ1v) is 10.1. The Bertz CT molecular complexity index is 940. The van der Waals surface area contributed by atoms with Crippen molar-refractivity contribution in [3.63, 3.8) is 0 Å². The molecule has 2 aliphatic heterocycles. The van der Waals surface area contributed by atoms with E-state index in [-0.39, 0.29) is 12.0 Å². The molecule has 2 amide bonds. The summed E-state index contributed by atoms with van der Waals surface area (Å²) in [5.41, 5.74) is 1.72. The number of cyclic esters (lactones) is 1. The third-order valence-corrected chi connectivity index (χ3v) is 5.44. The van der Waals surface area contributed by atoms with E-state index in [4.69, 9.17) is 4.74 Å². The first kappa shape index (κ1) is 20.1. The van der Waals surface area contributed by atoms with Crippen molar-refractivity contribution >= 4 is 23.4 Å². The molecule has 1 atom stereocenters. The standard InChI is InChI=1S/C20H25FN6O3/c1-3-19(28)25-8-6-24(7-9-25)18-5-4-15(10-17(18)21)27-13-16(30-20(27)29)12-26-11-14(2)22-23-26/h4-5,10-11,16H,3,6-9,12-13H2,1-2H3/t16-/m0/s1. The minimum atomic E-state index is -0.504. The lowest BCUT2D eigenvalue weighted by Gasteiger charge is -2.36. The Hall–Kier alpha value is -3.17. The van der Waals surface area contributed by atoms with Crippen molar-refractivity contribution < 1.29 is 18.7 Å². The summed E-state index contributed by atoms with van der Waals surface area (Å²) < 4.78 is 21.9. The van der Waals surface area contributed by atoms with Gasteiger partial charge in [0.25, 0.3) is 0 Å². The zero-order chi connectivity index (χ0) is 21.3. The molecule has 0 aliphatic carbocycles. The molecule has 0 radical (unpaired) electrons. The van der Waals surface area contributed by atoms with Crippen LogP contribution >= 0.6 is 0 Å². The number of carbonyl (C=O) groups excluding carboxylic acids is 2. The molecule has 0 saturated carbocycles. The molecule has 3 heterocycles. The molecule has 4 rings (SSSR count). The molecule has 0 unspecified atom stereocenters. The maximum absolute atomic E-state index is 14.9. The van der Waals surface area contributed by atoms with Crippen molar-refractivity contribution in [2.75, 3.05) is 42.5 Å². The molecule has 2 fully saturated rings. The van der Waals surface area contributed by atoms with Gasteiger partial charge in [0.1, 0.15) is 11.9 Å². The number of rotatable bonds is 5. The van der Waals surface area contributed by atoms with Gasteiger partial charge in [-0.05, 0) is 25.1 Å². The molecule has 2 saturated heterocycles. The Morgan fingerprint density at radius 2 is 2.03 bits per heavy atom. The Morgan fingerprint density at radius 3 is 2.67 bits per heavy atom. The SMILES string of the molecule is CCC(=O)N1CCN(c2ccc(N3C[C@H](Cn4cc(C)nn4)OC3=O)cc2F)CC1. The summed E-state index contributed by atoms with van der Waals surface area (Å²) in [4.78, 5) is 29.3. The van der Waals surface area contributed by atoms with Gasteiger partial charge in [-0.2, -0.15) is 0 Å². The maximum atomic E-state index is 14.9. The van der Waals surface area contributed by atoms with Gasteiger partial charge in [0.15, 0.2) is 0 Å². The van der Waals surface area contributed by atoms with E-state index in [1.165, 1.54) is 11.0 Å². The summed E-state index contributed by atoms with van der Waals surface area (Å²) >= 11 is 0. The smallest absolute Gasteiger partial charge is 0.414 e. The summed E-state index contributed by atoms with van der Waals surface area (Å²) in [5.74, 6) is -0.278. The lowest BCUT2D eigenvalue weighted by atomic mass is 10.2. The van der Waals surface area contributed by atoms with Gasteiger partial charge in [-0.25, -0.2) is 13.9 Å². The number of hydrogen-bond donors (Lipinski definition) is 0. The van der Waals surface area contributed by atoms with Crippen LogP contribution in [-0.4, -0.2) is 70.7 Å². The minimum Gasteiger partial charge on any atom is -0.442 e. The number of carbonyl (C=O) groups is 2. The number of aromatic nitrogens is 3. The van der Waals surface area contributed by atoms with Gasteiger partial charge in [0, 0.05) is 38.8 Å². The first-order valence-electron chi connectivity index (χ1n) is 10.1. The van der Waals surface area contributed by atoms with E-state index >= 15 is 0 Å². The molecule has 0 bridgehead atoms. The van der Waals surface area contributed by atoms with Crippen LogP contribution in [-0.2, 0) is 16.1 Å². The lowest BCUT2D eigenvalue weighted by molar-refractivity contribution is -0.131. The molecule has 30 heavy (non-hydrogen) atoms. The predicted molar refractivity (Wildman–Crippen MR) is 108 cm³/mol. The molecule has 160 valence electrons. The van der Waals surface area contributed by atoms with E-state index in [1.807, 2.05) is 18.7 Å². The van der Waals surface area contributed by atoms with E-state index in [9.17, 15) is 14.0 Å². The quantitative estimate of drug-likeness (QED) is 0.739. The summed E-state index contributed by atoms with van der Waals surface area (Å²) in [7, 11) is 0. The van der Waals surface area contributed by atoms with E-state index in [0.717, 1.165) is 5.69 Å². The number of nitrogens with zero attached hydrogens (tertiary/aromatic N) is 6. The summed E-state index contributed by atoms with van der Waals surface area (Å²) in [6.45, 7) is 6.70. The number of amides is 2. The lowest BCUT2D eigenvalue weighted by Crippen LogP contribution is -2.48. The largest absolute Gasteiger partial charge is 0.442 e. The van der Waals surface area contributed by atoms with Crippen molar-refractivity contribution in [3.05, 3.63) is 35.9 Å². The van der Waals surface area contributed by atoms with Crippen molar-refractivity contribution in [1.82, 2.24) is 19.9 Å². The van der Waals surface area contributed by atoms with Gasteiger partial charge >= 0.3 is 6.09 Å². The molecule has 2 aliphatic rings. The Kier molecular flexibility index (Phi) is 5.56. The molecule has 9 nitrogen and oxygen atoms in total. The second kappa shape index (κ2) is 8.29. The number of ether oxygens (including phenoxy) is 1. The van der Waals surface area contributed by atoms with Crippen LogP contribution in [0.5, 0.6) is 0 Å². The van der Waals surface area contributed by atoms with Crippen LogP contribution in [0.3, 0.4) is 0 Å². The van der Waals surface area contributed by atoms with E-state index in [1.54, 1.807) is 27.9 Å². The molecule has 1 aromatic carbocycles. The van der Waals surface area contributed by atoms with Crippen LogP contribution in [0.2, 0.25) is 0 Å². The monoisotopic (exact) mass is 416 g/mol. The van der Waals surface area contributed by atoms with Gasteiger partial charge < -0.3 is 14.5 Å². The molecule has 2 aromatic rings. The average Bonchev–Trinajstić information content (AvgIpc) is 3.32. The van der Waals surface area contributed by atoms with Crippen molar-refractivity contribution in [1.29, 1.82) is 0 Å². The fourth-order valence-electron chi connectivity index (χ4n) is 3.86. The summed E-state index contributed by atoms with van der Waals surface area (Å²) in [6.07, 6.45) is 1.37.